The maximum atomic E-state index is 13.5. The number of hydrogen-bond donors (Lipinski definition) is 0. The van der Waals surface area contributed by atoms with E-state index in [1.54, 1.807) is 11.0 Å². The number of furan rings is 1. The van der Waals surface area contributed by atoms with Gasteiger partial charge in [-0.15, -0.1) is 0 Å². The third-order valence-corrected chi connectivity index (χ3v) is 5.82. The van der Waals surface area contributed by atoms with Crippen molar-refractivity contribution in [1.29, 1.82) is 0 Å². The maximum absolute atomic E-state index is 13.5. The number of hydrogen-bond acceptors (Lipinski definition) is 7. The van der Waals surface area contributed by atoms with Gasteiger partial charge in [0.1, 0.15) is 18.1 Å². The van der Waals surface area contributed by atoms with E-state index in [2.05, 4.69) is 0 Å². The summed E-state index contributed by atoms with van der Waals surface area (Å²) in [6, 6.07) is 14.2. The summed E-state index contributed by atoms with van der Waals surface area (Å²) in [4.78, 5) is 40.2. The van der Waals surface area contributed by atoms with Crippen LogP contribution in [-0.4, -0.2) is 45.9 Å². The van der Waals surface area contributed by atoms with Crippen LogP contribution in [0.4, 0.5) is 5.69 Å². The number of carbonyl (C=O) groups is 2. The predicted octanol–water partition coefficient (Wildman–Crippen LogP) is 4.30. The van der Waals surface area contributed by atoms with Crippen LogP contribution in [0.3, 0.4) is 0 Å². The van der Waals surface area contributed by atoms with Gasteiger partial charge in [0.05, 0.1) is 11.5 Å². The molecule has 0 aliphatic carbocycles. The molecule has 0 radical (unpaired) electrons. The van der Waals surface area contributed by atoms with Gasteiger partial charge in [-0.05, 0) is 62.7 Å². The van der Waals surface area contributed by atoms with Crippen molar-refractivity contribution < 1.29 is 28.4 Å². The Labute approximate surface area is 208 Å². The molecule has 1 aromatic heterocycles. The van der Waals surface area contributed by atoms with Crippen molar-refractivity contribution >= 4 is 17.5 Å². The molecule has 4 rings (SSSR count). The highest BCUT2D eigenvalue weighted by atomic mass is 16.7. The van der Waals surface area contributed by atoms with Crippen molar-refractivity contribution in [2.75, 3.05) is 13.3 Å². The first-order valence-corrected chi connectivity index (χ1v) is 11.5. The van der Waals surface area contributed by atoms with Crippen molar-refractivity contribution in [2.45, 2.75) is 39.9 Å². The first-order valence-electron chi connectivity index (χ1n) is 11.5. The number of benzene rings is 2. The lowest BCUT2D eigenvalue weighted by Gasteiger charge is -2.30. The highest BCUT2D eigenvalue weighted by Gasteiger charge is 2.26. The second-order valence-corrected chi connectivity index (χ2v) is 8.78. The van der Waals surface area contributed by atoms with Gasteiger partial charge in [-0.3, -0.25) is 19.7 Å². The van der Waals surface area contributed by atoms with Crippen molar-refractivity contribution in [1.82, 2.24) is 9.80 Å². The summed E-state index contributed by atoms with van der Waals surface area (Å²) in [6.45, 7) is 5.94. The summed E-state index contributed by atoms with van der Waals surface area (Å²) >= 11 is 0. The molecule has 0 saturated carbocycles. The molecule has 1 aliphatic heterocycles. The summed E-state index contributed by atoms with van der Waals surface area (Å²) in [7, 11) is 0. The lowest BCUT2D eigenvalue weighted by Crippen LogP contribution is -2.45. The monoisotopic (exact) mass is 493 g/mol. The Kier molecular flexibility index (Phi) is 7.23. The van der Waals surface area contributed by atoms with Crippen LogP contribution in [0.25, 0.3) is 0 Å². The molecule has 1 aliphatic rings. The highest BCUT2D eigenvalue weighted by molar-refractivity contribution is 5.96. The minimum Gasteiger partial charge on any atom is -0.464 e. The van der Waals surface area contributed by atoms with Gasteiger partial charge in [-0.1, -0.05) is 6.07 Å². The summed E-state index contributed by atoms with van der Waals surface area (Å²) in [6.07, 6.45) is 0. The number of nitro groups is 1. The first kappa shape index (κ1) is 24.8. The average Bonchev–Trinajstić information content (AvgIpc) is 3.49. The van der Waals surface area contributed by atoms with Crippen LogP contribution in [0.1, 0.15) is 41.3 Å². The van der Waals surface area contributed by atoms with E-state index in [1.807, 2.05) is 45.0 Å². The fourth-order valence-electron chi connectivity index (χ4n) is 3.88. The quantitative estimate of drug-likeness (QED) is 0.322. The number of non-ortho nitro benzene ring substituents is 1. The molecule has 2 aromatic carbocycles. The SMILES string of the molecule is Cc1ccc(CN(Cc2ccc3c(c2)OCO3)C(=O)CN(C(=O)c2ccc([N+](=O)[O-])cc2)C(C)C)o1. The lowest BCUT2D eigenvalue weighted by molar-refractivity contribution is -0.384. The van der Waals surface area contributed by atoms with Crippen LogP contribution in [0.2, 0.25) is 0 Å². The third kappa shape index (κ3) is 5.65. The second kappa shape index (κ2) is 10.5. The fraction of sp³-hybridized carbons (Fsp3) is 0.308. The van der Waals surface area contributed by atoms with E-state index in [0.29, 0.717) is 17.3 Å². The Morgan fingerprint density at radius 1 is 1.00 bits per heavy atom. The summed E-state index contributed by atoms with van der Waals surface area (Å²) in [5.74, 6) is 1.97. The number of fused-ring (bicyclic) bond motifs is 1. The number of carbonyl (C=O) groups excluding carboxylic acids is 2. The van der Waals surface area contributed by atoms with Crippen molar-refractivity contribution in [3.63, 3.8) is 0 Å². The van der Waals surface area contributed by atoms with Gasteiger partial charge < -0.3 is 23.7 Å². The topological polar surface area (TPSA) is 115 Å². The Morgan fingerprint density at radius 3 is 2.36 bits per heavy atom. The van der Waals surface area contributed by atoms with E-state index in [9.17, 15) is 19.7 Å². The maximum Gasteiger partial charge on any atom is 0.269 e. The highest BCUT2D eigenvalue weighted by Crippen LogP contribution is 2.33. The molecule has 10 heteroatoms. The van der Waals surface area contributed by atoms with E-state index in [-0.39, 0.29) is 55.5 Å². The summed E-state index contributed by atoms with van der Waals surface area (Å²) in [5, 5.41) is 10.9. The number of ether oxygens (including phenoxy) is 2. The minimum absolute atomic E-state index is 0.109. The zero-order chi connectivity index (χ0) is 25.8. The van der Waals surface area contributed by atoms with E-state index in [1.165, 1.54) is 29.2 Å². The predicted molar refractivity (Wildman–Crippen MR) is 130 cm³/mol. The molecule has 10 nitrogen and oxygen atoms in total. The van der Waals surface area contributed by atoms with Crippen LogP contribution >= 0.6 is 0 Å². The molecule has 0 unspecified atom stereocenters. The molecule has 2 amide bonds. The van der Waals surface area contributed by atoms with Crippen LogP contribution in [0.15, 0.2) is 59.0 Å². The molecule has 2 heterocycles. The molecule has 0 atom stereocenters. The number of rotatable bonds is 9. The zero-order valence-electron chi connectivity index (χ0n) is 20.3. The van der Waals surface area contributed by atoms with Gasteiger partial charge in [0.25, 0.3) is 11.6 Å². The van der Waals surface area contributed by atoms with E-state index in [4.69, 9.17) is 13.9 Å². The molecule has 36 heavy (non-hydrogen) atoms. The van der Waals surface area contributed by atoms with Crippen molar-refractivity contribution in [3.8, 4) is 11.5 Å². The van der Waals surface area contributed by atoms with Gasteiger partial charge in [-0.25, -0.2) is 0 Å². The molecular formula is C26H27N3O7. The summed E-state index contributed by atoms with van der Waals surface area (Å²) < 4.78 is 16.5. The smallest absolute Gasteiger partial charge is 0.269 e. The number of nitrogens with zero attached hydrogens (tertiary/aromatic N) is 3. The molecule has 0 fully saturated rings. The molecule has 0 bridgehead atoms. The minimum atomic E-state index is -0.525. The molecule has 0 spiro atoms. The first-order chi connectivity index (χ1) is 17.2. The Balaban J connectivity index is 1.54. The van der Waals surface area contributed by atoms with Crippen LogP contribution in [0.5, 0.6) is 11.5 Å². The number of aryl methyl sites for hydroxylation is 1. The molecule has 0 N–H and O–H groups in total. The van der Waals surface area contributed by atoms with E-state index < -0.39 is 4.92 Å². The van der Waals surface area contributed by atoms with Crippen molar-refractivity contribution in [2.24, 2.45) is 0 Å². The zero-order valence-corrected chi connectivity index (χ0v) is 20.3. The largest absolute Gasteiger partial charge is 0.464 e. The normalized spacial score (nSPS) is 12.0. The van der Waals surface area contributed by atoms with E-state index in [0.717, 1.165) is 11.3 Å². The average molecular weight is 494 g/mol. The van der Waals surface area contributed by atoms with Gasteiger partial charge >= 0.3 is 0 Å². The summed E-state index contributed by atoms with van der Waals surface area (Å²) in [5.41, 5.74) is 1.00. The number of amides is 2. The second-order valence-electron chi connectivity index (χ2n) is 8.78. The van der Waals surface area contributed by atoms with Gasteiger partial charge in [-0.2, -0.15) is 0 Å². The molecule has 0 saturated heterocycles. The number of nitro benzene ring substituents is 1. The molecule has 188 valence electrons. The Morgan fingerprint density at radius 2 is 1.72 bits per heavy atom. The Hall–Kier alpha value is -4.34. The lowest BCUT2D eigenvalue weighted by atomic mass is 10.1. The van der Waals surface area contributed by atoms with Crippen LogP contribution in [-0.2, 0) is 17.9 Å². The molecular weight excluding hydrogens is 466 g/mol. The van der Waals surface area contributed by atoms with Crippen LogP contribution in [0, 0.1) is 17.0 Å². The van der Waals surface area contributed by atoms with E-state index >= 15 is 0 Å². The fourth-order valence-corrected chi connectivity index (χ4v) is 3.88. The molecule has 3 aromatic rings. The van der Waals surface area contributed by atoms with Gasteiger partial charge in [0.15, 0.2) is 11.5 Å². The third-order valence-electron chi connectivity index (χ3n) is 5.82. The van der Waals surface area contributed by atoms with Crippen molar-refractivity contribution in [3.05, 3.63) is 87.4 Å². The standard InChI is InChI=1S/C26H27N3O7/c1-17(2)28(26(31)20-6-8-21(9-7-20)29(32)33)15-25(30)27(14-22-10-4-18(3)36-22)13-19-5-11-23-24(12-19)35-16-34-23/h4-12,17H,13-16H2,1-3H3. The van der Waals surface area contributed by atoms with Crippen LogP contribution < -0.4 is 9.47 Å². The van der Waals surface area contributed by atoms with Gasteiger partial charge in [0.2, 0.25) is 12.7 Å². The Bertz CT molecular complexity index is 1270. The van der Waals surface area contributed by atoms with Gasteiger partial charge in [0, 0.05) is 30.3 Å².